The van der Waals surface area contributed by atoms with Crippen LogP contribution in [0.15, 0.2) is 11.8 Å². The summed E-state index contributed by atoms with van der Waals surface area (Å²) >= 11 is 0. The van der Waals surface area contributed by atoms with Crippen molar-refractivity contribution >= 4 is 0 Å². The summed E-state index contributed by atoms with van der Waals surface area (Å²) in [6.07, 6.45) is 3.10. The Bertz CT molecular complexity index is 96.7. The van der Waals surface area contributed by atoms with Gasteiger partial charge in [0.05, 0.1) is 6.61 Å². The first kappa shape index (κ1) is 5.63. The highest BCUT2D eigenvalue weighted by atomic mass is 16.5. The second-order valence-electron chi connectivity index (χ2n) is 1.74. The Morgan fingerprint density at radius 3 is 3.25 bits per heavy atom. The van der Waals surface area contributed by atoms with E-state index in [0.29, 0.717) is 6.61 Å². The van der Waals surface area contributed by atoms with Crippen LogP contribution in [0.1, 0.15) is 6.42 Å². The third kappa shape index (κ3) is 1.23. The van der Waals surface area contributed by atoms with Crippen LogP contribution in [-0.2, 0) is 9.47 Å². The predicted molar refractivity (Wildman–Crippen MR) is 30.5 cm³/mol. The van der Waals surface area contributed by atoms with Crippen molar-refractivity contribution in [2.75, 3.05) is 20.3 Å². The van der Waals surface area contributed by atoms with Crippen LogP contribution in [0.25, 0.3) is 0 Å². The van der Waals surface area contributed by atoms with Gasteiger partial charge >= 0.3 is 0 Å². The van der Waals surface area contributed by atoms with E-state index in [1.165, 1.54) is 0 Å². The van der Waals surface area contributed by atoms with Crippen molar-refractivity contribution in [2.24, 2.45) is 0 Å². The van der Waals surface area contributed by atoms with E-state index in [-0.39, 0.29) is 0 Å². The Hall–Kier alpha value is -0.500. The first-order chi connectivity index (χ1) is 3.93. The van der Waals surface area contributed by atoms with Gasteiger partial charge in [-0.3, -0.25) is 0 Å². The Kier molecular flexibility index (Phi) is 1.92. The van der Waals surface area contributed by atoms with E-state index in [1.807, 2.05) is 0 Å². The maximum Gasteiger partial charge on any atom is 0.118 e. The zero-order chi connectivity index (χ0) is 5.82. The normalized spacial score (nSPS) is 17.9. The van der Waals surface area contributed by atoms with Crippen LogP contribution in [0.3, 0.4) is 0 Å². The number of rotatable bonds is 2. The molecule has 0 atom stereocenters. The average Bonchev–Trinajstić information content (AvgIpc) is 2.19. The molecule has 0 N–H and O–H groups in total. The van der Waals surface area contributed by atoms with Crippen LogP contribution in [0.5, 0.6) is 0 Å². The average molecular weight is 114 g/mol. The summed E-state index contributed by atoms with van der Waals surface area (Å²) in [4.78, 5) is 0. The van der Waals surface area contributed by atoms with Gasteiger partial charge in [0.25, 0.3) is 0 Å². The molecule has 0 aliphatic carbocycles. The molecule has 0 unspecified atom stereocenters. The van der Waals surface area contributed by atoms with Crippen molar-refractivity contribution in [3.8, 4) is 0 Å². The first-order valence-corrected chi connectivity index (χ1v) is 2.74. The third-order valence-electron chi connectivity index (χ3n) is 1.06. The fourth-order valence-corrected chi connectivity index (χ4v) is 0.712. The van der Waals surface area contributed by atoms with Crippen LogP contribution in [0, 0.1) is 0 Å². The second-order valence-corrected chi connectivity index (χ2v) is 1.74. The first-order valence-electron chi connectivity index (χ1n) is 2.74. The van der Waals surface area contributed by atoms with Gasteiger partial charge in [0.1, 0.15) is 12.4 Å². The van der Waals surface area contributed by atoms with Gasteiger partial charge in [-0.2, -0.15) is 0 Å². The van der Waals surface area contributed by atoms with Gasteiger partial charge in [-0.1, -0.05) is 0 Å². The van der Waals surface area contributed by atoms with E-state index in [9.17, 15) is 0 Å². The van der Waals surface area contributed by atoms with Crippen LogP contribution in [0.4, 0.5) is 0 Å². The summed E-state index contributed by atoms with van der Waals surface area (Å²) < 4.78 is 9.96. The molecule has 0 saturated heterocycles. The molecule has 1 aliphatic heterocycles. The van der Waals surface area contributed by atoms with Gasteiger partial charge in [0.2, 0.25) is 0 Å². The molecule has 0 amide bonds. The van der Waals surface area contributed by atoms with Crippen LogP contribution in [-0.4, -0.2) is 20.3 Å². The Labute approximate surface area is 49.1 Å². The van der Waals surface area contributed by atoms with Gasteiger partial charge in [0.15, 0.2) is 0 Å². The van der Waals surface area contributed by atoms with Gasteiger partial charge in [-0.05, 0) is 6.08 Å². The Morgan fingerprint density at radius 2 is 2.75 bits per heavy atom. The van der Waals surface area contributed by atoms with Gasteiger partial charge < -0.3 is 9.47 Å². The SMILES string of the molecule is COCC1=CCCO1. The number of hydrogen-bond acceptors (Lipinski definition) is 2. The molecule has 0 radical (unpaired) electrons. The summed E-state index contributed by atoms with van der Waals surface area (Å²) in [6, 6.07) is 0. The summed E-state index contributed by atoms with van der Waals surface area (Å²) in [7, 11) is 1.67. The molecule has 2 heteroatoms. The van der Waals surface area contributed by atoms with E-state index < -0.39 is 0 Å². The lowest BCUT2D eigenvalue weighted by molar-refractivity contribution is 0.148. The highest BCUT2D eigenvalue weighted by Gasteiger charge is 2.02. The van der Waals surface area contributed by atoms with Crippen molar-refractivity contribution in [3.05, 3.63) is 11.8 Å². The molecule has 1 rings (SSSR count). The second kappa shape index (κ2) is 2.72. The molecule has 0 bridgehead atoms. The third-order valence-corrected chi connectivity index (χ3v) is 1.06. The number of methoxy groups -OCH3 is 1. The zero-order valence-electron chi connectivity index (χ0n) is 5.02. The molecule has 1 heterocycles. The minimum atomic E-state index is 0.625. The smallest absolute Gasteiger partial charge is 0.118 e. The molecular formula is C6H10O2. The molecule has 1 aliphatic rings. The van der Waals surface area contributed by atoms with Crippen molar-refractivity contribution in [3.63, 3.8) is 0 Å². The van der Waals surface area contributed by atoms with Crippen LogP contribution < -0.4 is 0 Å². The zero-order valence-corrected chi connectivity index (χ0v) is 5.02. The lowest BCUT2D eigenvalue weighted by Crippen LogP contribution is -1.93. The molecule has 0 aromatic rings. The highest BCUT2D eigenvalue weighted by molar-refractivity contribution is 4.97. The predicted octanol–water partition coefficient (Wildman–Crippen LogP) is 0.937. The quantitative estimate of drug-likeness (QED) is 0.531. The summed E-state index contributed by atoms with van der Waals surface area (Å²) in [6.45, 7) is 1.46. The van der Waals surface area contributed by atoms with Gasteiger partial charge in [-0.15, -0.1) is 0 Å². The van der Waals surface area contributed by atoms with E-state index in [0.717, 1.165) is 18.8 Å². The Morgan fingerprint density at radius 1 is 1.88 bits per heavy atom. The van der Waals surface area contributed by atoms with E-state index in [2.05, 4.69) is 6.08 Å². The molecule has 0 aromatic heterocycles. The van der Waals surface area contributed by atoms with E-state index in [1.54, 1.807) is 7.11 Å². The molecule has 0 aromatic carbocycles. The van der Waals surface area contributed by atoms with Gasteiger partial charge in [-0.25, -0.2) is 0 Å². The van der Waals surface area contributed by atoms with Crippen LogP contribution in [0.2, 0.25) is 0 Å². The molecule has 0 fully saturated rings. The largest absolute Gasteiger partial charge is 0.495 e. The van der Waals surface area contributed by atoms with Crippen LogP contribution >= 0.6 is 0 Å². The molecular weight excluding hydrogens is 104 g/mol. The number of ether oxygens (including phenoxy) is 2. The molecule has 2 nitrogen and oxygen atoms in total. The molecule has 0 saturated carbocycles. The van der Waals surface area contributed by atoms with Gasteiger partial charge in [0, 0.05) is 13.5 Å². The summed E-state index contributed by atoms with van der Waals surface area (Å²) in [5, 5.41) is 0. The minimum Gasteiger partial charge on any atom is -0.495 e. The fourth-order valence-electron chi connectivity index (χ4n) is 0.712. The monoisotopic (exact) mass is 114 g/mol. The fraction of sp³-hybridized carbons (Fsp3) is 0.667. The van der Waals surface area contributed by atoms with Crippen molar-refractivity contribution < 1.29 is 9.47 Å². The Balaban J connectivity index is 2.23. The molecule has 0 spiro atoms. The molecule has 8 heavy (non-hydrogen) atoms. The standard InChI is InChI=1S/C6H10O2/c1-7-5-6-3-2-4-8-6/h3H,2,4-5H2,1H3. The maximum atomic E-state index is 5.13. The topological polar surface area (TPSA) is 18.5 Å². The lowest BCUT2D eigenvalue weighted by atomic mass is 10.4. The minimum absolute atomic E-state index is 0.625. The van der Waals surface area contributed by atoms with Crippen molar-refractivity contribution in [2.45, 2.75) is 6.42 Å². The van der Waals surface area contributed by atoms with Crippen molar-refractivity contribution in [1.82, 2.24) is 0 Å². The van der Waals surface area contributed by atoms with E-state index in [4.69, 9.17) is 9.47 Å². The number of hydrogen-bond donors (Lipinski definition) is 0. The lowest BCUT2D eigenvalue weighted by Gasteiger charge is -1.99. The maximum absolute atomic E-state index is 5.13. The van der Waals surface area contributed by atoms with E-state index >= 15 is 0 Å². The highest BCUT2D eigenvalue weighted by Crippen LogP contribution is 2.07. The van der Waals surface area contributed by atoms with Crippen molar-refractivity contribution in [1.29, 1.82) is 0 Å². The summed E-state index contributed by atoms with van der Waals surface area (Å²) in [5.74, 6) is 0.979. The molecule has 46 valence electrons. The summed E-state index contributed by atoms with van der Waals surface area (Å²) in [5.41, 5.74) is 0.